The number of imidazole rings is 1. The number of carbonyl (C=O) groups is 2. The first-order chi connectivity index (χ1) is 16.5. The Morgan fingerprint density at radius 3 is 2.14 bits per heavy atom. The van der Waals surface area contributed by atoms with Gasteiger partial charge in [-0.25, -0.2) is 14.6 Å². The number of carboxylic acids is 2. The molecule has 1 unspecified atom stereocenters. The van der Waals surface area contributed by atoms with E-state index in [1.807, 2.05) is 6.20 Å². The summed E-state index contributed by atoms with van der Waals surface area (Å²) in [7, 11) is 2.23. The van der Waals surface area contributed by atoms with Crippen LogP contribution in [-0.4, -0.2) is 80.0 Å². The smallest absolute Gasteiger partial charge is 0.475 e. The van der Waals surface area contributed by atoms with Gasteiger partial charge in [-0.2, -0.15) is 37.7 Å². The maximum Gasteiger partial charge on any atom is 0.490 e. The summed E-state index contributed by atoms with van der Waals surface area (Å²) in [6.45, 7) is 9.85. The zero-order chi connectivity index (χ0) is 27.7. The van der Waals surface area contributed by atoms with E-state index in [0.717, 1.165) is 32.7 Å². The van der Waals surface area contributed by atoms with Crippen molar-refractivity contribution in [2.45, 2.75) is 51.9 Å². The highest BCUT2D eigenvalue weighted by molar-refractivity contribution is 7.07. The van der Waals surface area contributed by atoms with Crippen LogP contribution in [0.5, 0.6) is 0 Å². The molecule has 36 heavy (non-hydrogen) atoms. The van der Waals surface area contributed by atoms with Crippen molar-refractivity contribution in [1.82, 2.24) is 19.4 Å². The van der Waals surface area contributed by atoms with Gasteiger partial charge in [-0.3, -0.25) is 4.90 Å². The van der Waals surface area contributed by atoms with E-state index < -0.39 is 24.3 Å². The Kier molecular flexibility index (Phi) is 11.9. The summed E-state index contributed by atoms with van der Waals surface area (Å²) >= 11 is 1.78. The van der Waals surface area contributed by atoms with Crippen LogP contribution in [0.4, 0.5) is 26.3 Å². The molecule has 1 atom stereocenters. The summed E-state index contributed by atoms with van der Waals surface area (Å²) in [5.41, 5.74) is 1.42. The van der Waals surface area contributed by atoms with Crippen LogP contribution >= 0.6 is 11.3 Å². The lowest BCUT2D eigenvalue weighted by Gasteiger charge is -2.29. The highest BCUT2D eigenvalue weighted by Crippen LogP contribution is 2.20. The molecule has 2 aromatic rings. The molecule has 0 spiro atoms. The first kappa shape index (κ1) is 31.4. The van der Waals surface area contributed by atoms with Crippen molar-refractivity contribution < 1.29 is 46.1 Å². The van der Waals surface area contributed by atoms with E-state index in [4.69, 9.17) is 19.8 Å². The maximum absolute atomic E-state index is 10.6. The largest absolute Gasteiger partial charge is 0.490 e. The fraction of sp³-hybridized carbons (Fsp3) is 0.571. The lowest BCUT2D eigenvalue weighted by Crippen LogP contribution is -2.37. The van der Waals surface area contributed by atoms with Gasteiger partial charge in [-0.05, 0) is 43.3 Å². The molecule has 0 bridgehead atoms. The zero-order valence-corrected chi connectivity index (χ0v) is 20.6. The van der Waals surface area contributed by atoms with Crippen molar-refractivity contribution in [2.75, 3.05) is 20.1 Å². The molecule has 0 saturated heterocycles. The Bertz CT molecular complexity index is 923. The van der Waals surface area contributed by atoms with Gasteiger partial charge in [0.05, 0.1) is 6.54 Å². The molecular formula is C21H28F6N4O4S. The quantitative estimate of drug-likeness (QED) is 0.543. The Labute approximate surface area is 207 Å². The number of alkyl halides is 6. The number of aromatic nitrogens is 2. The number of nitrogens with zero attached hydrogens (tertiary/aromatic N) is 4. The van der Waals surface area contributed by atoms with Crippen LogP contribution < -0.4 is 0 Å². The van der Waals surface area contributed by atoms with Crippen molar-refractivity contribution in [3.05, 3.63) is 40.6 Å². The minimum absolute atomic E-state index is 0.593. The average molecular weight is 547 g/mol. The second kappa shape index (κ2) is 13.6. The number of thiophene rings is 1. The minimum Gasteiger partial charge on any atom is -0.475 e. The normalized spacial score (nSPS) is 16.4. The van der Waals surface area contributed by atoms with E-state index in [0.29, 0.717) is 12.0 Å². The van der Waals surface area contributed by atoms with Crippen LogP contribution in [0.25, 0.3) is 0 Å². The fourth-order valence-electron chi connectivity index (χ4n) is 3.12. The number of carboxylic acid groups (broad SMARTS) is 2. The molecule has 0 aliphatic carbocycles. The summed E-state index contributed by atoms with van der Waals surface area (Å²) in [6.07, 6.45) is -6.10. The van der Waals surface area contributed by atoms with Crippen molar-refractivity contribution in [2.24, 2.45) is 5.92 Å². The second-order valence-corrected chi connectivity index (χ2v) is 9.08. The molecule has 3 heterocycles. The third kappa shape index (κ3) is 11.4. The van der Waals surface area contributed by atoms with E-state index >= 15 is 0 Å². The fourth-order valence-corrected chi connectivity index (χ4v) is 3.78. The van der Waals surface area contributed by atoms with E-state index in [9.17, 15) is 26.3 Å². The predicted octanol–water partition coefficient (Wildman–Crippen LogP) is 4.18. The van der Waals surface area contributed by atoms with E-state index in [1.54, 1.807) is 11.3 Å². The van der Waals surface area contributed by atoms with E-state index in [1.165, 1.54) is 11.4 Å². The summed E-state index contributed by atoms with van der Waals surface area (Å²) in [5.74, 6) is -3.67. The number of hydrogen-bond acceptors (Lipinski definition) is 6. The lowest BCUT2D eigenvalue weighted by molar-refractivity contribution is -0.193. The number of fused-ring (bicyclic) bond motifs is 1. The topological polar surface area (TPSA) is 98.9 Å². The standard InChI is InChI=1S/C17H26N4S.2C2HF3O2/c1-14(2)19(3)8-16-10-20(9-15-4-7-22-13-15)12-17-18-5-6-21(17)11-16;2*3-2(4,5)1(6)7/h4-7,13-14,16H,8-12H2,1-3H3;2*(H,6,7). The van der Waals surface area contributed by atoms with E-state index in [-0.39, 0.29) is 0 Å². The lowest BCUT2D eigenvalue weighted by atomic mass is 10.1. The third-order valence-electron chi connectivity index (χ3n) is 5.04. The zero-order valence-electron chi connectivity index (χ0n) is 19.8. The van der Waals surface area contributed by atoms with Gasteiger partial charge in [0.15, 0.2) is 0 Å². The molecule has 0 aromatic carbocycles. The Balaban J connectivity index is 0.000000383. The highest BCUT2D eigenvalue weighted by Gasteiger charge is 2.38. The maximum atomic E-state index is 10.6. The van der Waals surface area contributed by atoms with Crippen molar-refractivity contribution in [1.29, 1.82) is 0 Å². The van der Waals surface area contributed by atoms with E-state index in [2.05, 4.69) is 63.3 Å². The van der Waals surface area contributed by atoms with Gasteiger partial charge >= 0.3 is 24.3 Å². The molecular weight excluding hydrogens is 518 g/mol. The van der Waals surface area contributed by atoms with Crippen molar-refractivity contribution in [3.63, 3.8) is 0 Å². The monoisotopic (exact) mass is 546 g/mol. The number of aliphatic carboxylic acids is 2. The van der Waals surface area contributed by atoms with Gasteiger partial charge in [0, 0.05) is 50.5 Å². The number of rotatable bonds is 5. The number of hydrogen-bond donors (Lipinski definition) is 2. The van der Waals surface area contributed by atoms with Crippen LogP contribution in [-0.2, 0) is 29.2 Å². The molecule has 1 aliphatic heterocycles. The van der Waals surface area contributed by atoms with Gasteiger partial charge in [0.2, 0.25) is 0 Å². The summed E-state index contributed by atoms with van der Waals surface area (Å²) in [5, 5.41) is 18.7. The third-order valence-corrected chi connectivity index (χ3v) is 5.77. The van der Waals surface area contributed by atoms with Crippen molar-refractivity contribution in [3.8, 4) is 0 Å². The van der Waals surface area contributed by atoms with Crippen LogP contribution in [0.1, 0.15) is 25.2 Å². The van der Waals surface area contributed by atoms with Crippen molar-refractivity contribution >= 4 is 23.3 Å². The van der Waals surface area contributed by atoms with Crippen LogP contribution in [0.2, 0.25) is 0 Å². The molecule has 15 heteroatoms. The van der Waals surface area contributed by atoms with Gasteiger partial charge in [0.1, 0.15) is 5.82 Å². The average Bonchev–Trinajstić information content (AvgIpc) is 3.36. The highest BCUT2D eigenvalue weighted by atomic mass is 32.1. The van der Waals surface area contributed by atoms with Gasteiger partial charge in [-0.15, -0.1) is 0 Å². The second-order valence-electron chi connectivity index (χ2n) is 8.30. The number of halogens is 6. The molecule has 1 aliphatic rings. The summed E-state index contributed by atoms with van der Waals surface area (Å²) in [4.78, 5) is 27.3. The SMILES string of the molecule is CC(C)N(C)CC1CN(Cc2ccsc2)Cc2nccn2C1.O=C(O)C(F)(F)F.O=C(O)C(F)(F)F. The minimum atomic E-state index is -5.08. The summed E-state index contributed by atoms with van der Waals surface area (Å²) in [6, 6.07) is 2.83. The van der Waals surface area contributed by atoms with Gasteiger partial charge < -0.3 is 19.7 Å². The Morgan fingerprint density at radius 2 is 1.69 bits per heavy atom. The Morgan fingerprint density at radius 1 is 1.14 bits per heavy atom. The molecule has 3 rings (SSSR count). The van der Waals surface area contributed by atoms with Crippen LogP contribution in [0, 0.1) is 5.92 Å². The van der Waals surface area contributed by atoms with Crippen LogP contribution in [0.3, 0.4) is 0 Å². The summed E-state index contributed by atoms with van der Waals surface area (Å²) < 4.78 is 65.8. The first-order valence-corrected chi connectivity index (χ1v) is 11.5. The molecule has 8 nitrogen and oxygen atoms in total. The molecule has 2 aromatic heterocycles. The molecule has 2 N–H and O–H groups in total. The molecule has 0 radical (unpaired) electrons. The van der Waals surface area contributed by atoms with Crippen LogP contribution in [0.15, 0.2) is 29.2 Å². The van der Waals surface area contributed by atoms with Gasteiger partial charge in [0.25, 0.3) is 0 Å². The first-order valence-electron chi connectivity index (χ1n) is 10.5. The Hall–Kier alpha value is -2.65. The molecule has 0 saturated carbocycles. The molecule has 0 amide bonds. The van der Waals surface area contributed by atoms with Gasteiger partial charge in [-0.1, -0.05) is 0 Å². The molecule has 0 fully saturated rings. The molecule has 204 valence electrons. The predicted molar refractivity (Wildman–Crippen MR) is 119 cm³/mol.